The van der Waals surface area contributed by atoms with Crippen LogP contribution >= 0.6 is 0 Å². The third-order valence-electron chi connectivity index (χ3n) is 3.98. The van der Waals surface area contributed by atoms with Gasteiger partial charge in [-0.15, -0.1) is 0 Å². The molecule has 0 aromatic carbocycles. The first-order valence-electron chi connectivity index (χ1n) is 12.0. The highest BCUT2D eigenvalue weighted by Crippen LogP contribution is 1.95. The predicted octanol–water partition coefficient (Wildman–Crippen LogP) is 0.965. The lowest BCUT2D eigenvalue weighted by Crippen LogP contribution is -2.17. The number of esters is 1. The predicted molar refractivity (Wildman–Crippen MR) is 124 cm³/mol. The first-order valence-corrected chi connectivity index (χ1v) is 12.0. The summed E-state index contributed by atoms with van der Waals surface area (Å²) in [5.74, 6) is -0.333. The smallest absolute Gasteiger partial charge is 0.308 e. The maximum absolute atomic E-state index is 11.2. The average molecular weight is 499 g/mol. The van der Waals surface area contributed by atoms with E-state index in [9.17, 15) is 4.79 Å². The van der Waals surface area contributed by atoms with Crippen LogP contribution in [0.1, 0.15) is 13.8 Å². The fraction of sp³-hybridized carbons (Fsp3) is 0.957. The number of carbonyl (C=O) groups is 1. The average Bonchev–Trinajstić information content (AvgIpc) is 2.83. The highest BCUT2D eigenvalue weighted by atomic mass is 16.6. The quantitative estimate of drug-likeness (QED) is 0.114. The molecule has 0 saturated carbocycles. The second-order valence-corrected chi connectivity index (χ2v) is 7.21. The molecule has 0 rings (SSSR count). The van der Waals surface area contributed by atoms with Gasteiger partial charge in [-0.05, 0) is 0 Å². The Kier molecular flexibility index (Phi) is 27.6. The van der Waals surface area contributed by atoms with Crippen molar-refractivity contribution in [2.75, 3.05) is 126 Å². The summed E-state index contributed by atoms with van der Waals surface area (Å²) in [4.78, 5) is 11.2. The molecule has 0 radical (unpaired) electrons. The normalized spacial score (nSPS) is 11.4. The van der Waals surface area contributed by atoms with E-state index in [2.05, 4.69) is 0 Å². The van der Waals surface area contributed by atoms with Crippen LogP contribution in [-0.2, 0) is 52.2 Å². The lowest BCUT2D eigenvalue weighted by Gasteiger charge is -2.09. The largest absolute Gasteiger partial charge is 0.463 e. The van der Waals surface area contributed by atoms with Crippen molar-refractivity contribution in [3.05, 3.63) is 0 Å². The molecule has 204 valence electrons. The Balaban J connectivity index is 3.05. The van der Waals surface area contributed by atoms with Crippen molar-refractivity contribution in [3.63, 3.8) is 0 Å². The molecule has 0 aliphatic rings. The Morgan fingerprint density at radius 3 is 0.912 bits per heavy atom. The number of ether oxygens (including phenoxy) is 10. The van der Waals surface area contributed by atoms with Crippen molar-refractivity contribution in [3.8, 4) is 0 Å². The van der Waals surface area contributed by atoms with Crippen molar-refractivity contribution in [2.24, 2.45) is 5.92 Å². The van der Waals surface area contributed by atoms with Gasteiger partial charge in [0.05, 0.1) is 118 Å². The van der Waals surface area contributed by atoms with E-state index in [1.807, 2.05) is 0 Å². The fourth-order valence-electron chi connectivity index (χ4n) is 2.15. The van der Waals surface area contributed by atoms with Crippen LogP contribution in [0.3, 0.4) is 0 Å². The molecule has 34 heavy (non-hydrogen) atoms. The van der Waals surface area contributed by atoms with Gasteiger partial charge >= 0.3 is 5.97 Å². The fourth-order valence-corrected chi connectivity index (χ4v) is 2.15. The van der Waals surface area contributed by atoms with E-state index >= 15 is 0 Å². The van der Waals surface area contributed by atoms with Crippen molar-refractivity contribution in [1.29, 1.82) is 0 Å². The van der Waals surface area contributed by atoms with Gasteiger partial charge in [0.15, 0.2) is 0 Å². The third-order valence-corrected chi connectivity index (χ3v) is 3.98. The van der Waals surface area contributed by atoms with Gasteiger partial charge in [0, 0.05) is 7.11 Å². The van der Waals surface area contributed by atoms with Crippen LogP contribution in [-0.4, -0.2) is 132 Å². The molecule has 0 atom stereocenters. The van der Waals surface area contributed by atoms with E-state index in [0.717, 1.165) is 0 Å². The van der Waals surface area contributed by atoms with Gasteiger partial charge < -0.3 is 47.4 Å². The first-order chi connectivity index (χ1) is 16.7. The van der Waals surface area contributed by atoms with Crippen molar-refractivity contribution in [1.82, 2.24) is 0 Å². The van der Waals surface area contributed by atoms with Crippen LogP contribution in [0.15, 0.2) is 0 Å². The molecule has 0 amide bonds. The number of hydrogen-bond acceptors (Lipinski definition) is 11. The number of carbonyl (C=O) groups excluding carboxylic acids is 1. The van der Waals surface area contributed by atoms with Crippen LogP contribution in [0.25, 0.3) is 0 Å². The molecule has 0 heterocycles. The lowest BCUT2D eigenvalue weighted by molar-refractivity contribution is -0.149. The second-order valence-electron chi connectivity index (χ2n) is 7.21. The Morgan fingerprint density at radius 2 is 0.676 bits per heavy atom. The van der Waals surface area contributed by atoms with Crippen LogP contribution in [0.4, 0.5) is 0 Å². The molecule has 0 aliphatic carbocycles. The minimum absolute atomic E-state index is 0.118. The van der Waals surface area contributed by atoms with Crippen LogP contribution in [0.5, 0.6) is 0 Å². The van der Waals surface area contributed by atoms with E-state index < -0.39 is 0 Å². The van der Waals surface area contributed by atoms with E-state index in [4.69, 9.17) is 47.4 Å². The summed E-state index contributed by atoms with van der Waals surface area (Å²) >= 11 is 0. The Labute approximate surface area is 204 Å². The number of rotatable bonds is 28. The first kappa shape index (κ1) is 33.1. The van der Waals surface area contributed by atoms with Gasteiger partial charge in [0.2, 0.25) is 0 Å². The molecule has 0 N–H and O–H groups in total. The molecule has 0 bridgehead atoms. The van der Waals surface area contributed by atoms with Gasteiger partial charge in [0.1, 0.15) is 6.61 Å². The molecule has 0 spiro atoms. The summed E-state index contributed by atoms with van der Waals surface area (Å²) in [6.07, 6.45) is 0. The Morgan fingerprint density at radius 1 is 0.441 bits per heavy atom. The summed E-state index contributed by atoms with van der Waals surface area (Å²) in [6, 6.07) is 0. The van der Waals surface area contributed by atoms with Crippen molar-refractivity contribution >= 4 is 5.97 Å². The molecule has 0 aromatic heterocycles. The Hall–Kier alpha value is -0.890. The summed E-state index contributed by atoms with van der Waals surface area (Å²) in [6.45, 7) is 12.5. The number of hydrogen-bond donors (Lipinski definition) is 0. The van der Waals surface area contributed by atoms with E-state index in [-0.39, 0.29) is 18.5 Å². The van der Waals surface area contributed by atoms with E-state index in [1.165, 1.54) is 0 Å². The molecule has 0 unspecified atom stereocenters. The second kappa shape index (κ2) is 28.3. The highest BCUT2D eigenvalue weighted by Gasteiger charge is 2.07. The zero-order chi connectivity index (χ0) is 25.0. The van der Waals surface area contributed by atoms with Crippen LogP contribution in [0, 0.1) is 5.92 Å². The Bertz CT molecular complexity index is 410. The van der Waals surface area contributed by atoms with Gasteiger partial charge in [-0.25, -0.2) is 0 Å². The molecule has 11 heteroatoms. The highest BCUT2D eigenvalue weighted by molar-refractivity contribution is 5.71. The standard InChI is InChI=1S/C23H46O11/c1-22(2)23(24)34-21-20-33-19-18-32-17-16-31-15-14-30-13-12-29-11-10-28-9-8-27-7-6-26-5-4-25-3/h22H,4-21H2,1-3H3. The monoisotopic (exact) mass is 498 g/mol. The van der Waals surface area contributed by atoms with Crippen LogP contribution < -0.4 is 0 Å². The molecular formula is C23H46O11. The zero-order valence-corrected chi connectivity index (χ0v) is 21.3. The van der Waals surface area contributed by atoms with Crippen molar-refractivity contribution in [2.45, 2.75) is 13.8 Å². The van der Waals surface area contributed by atoms with Crippen LogP contribution in [0.2, 0.25) is 0 Å². The van der Waals surface area contributed by atoms with Gasteiger partial charge in [-0.1, -0.05) is 13.8 Å². The van der Waals surface area contributed by atoms with Crippen molar-refractivity contribution < 1.29 is 52.2 Å². The molecule has 0 aliphatic heterocycles. The summed E-state index contributed by atoms with van der Waals surface area (Å²) in [5.41, 5.74) is 0. The molecule has 11 nitrogen and oxygen atoms in total. The summed E-state index contributed by atoms with van der Waals surface area (Å²) in [5, 5.41) is 0. The minimum Gasteiger partial charge on any atom is -0.463 e. The van der Waals surface area contributed by atoms with Gasteiger partial charge in [0.25, 0.3) is 0 Å². The maximum Gasteiger partial charge on any atom is 0.308 e. The molecule has 0 aromatic rings. The summed E-state index contributed by atoms with van der Waals surface area (Å²) in [7, 11) is 1.64. The molecular weight excluding hydrogens is 452 g/mol. The lowest BCUT2D eigenvalue weighted by atomic mass is 10.2. The zero-order valence-electron chi connectivity index (χ0n) is 21.3. The molecule has 0 saturated heterocycles. The summed E-state index contributed by atoms with van der Waals surface area (Å²) < 4.78 is 52.9. The molecule has 0 fully saturated rings. The maximum atomic E-state index is 11.2. The topological polar surface area (TPSA) is 109 Å². The van der Waals surface area contributed by atoms with E-state index in [0.29, 0.717) is 112 Å². The third kappa shape index (κ3) is 27.4. The van der Waals surface area contributed by atoms with Gasteiger partial charge in [-0.2, -0.15) is 0 Å². The number of methoxy groups -OCH3 is 1. The van der Waals surface area contributed by atoms with Gasteiger partial charge in [-0.3, -0.25) is 4.79 Å². The SMILES string of the molecule is COCCOCCOCCOCCOCCOCCOCCOCCOCCOC(=O)C(C)C. The minimum atomic E-state index is -0.215. The van der Waals surface area contributed by atoms with E-state index in [1.54, 1.807) is 21.0 Å².